The van der Waals surface area contributed by atoms with E-state index in [4.69, 9.17) is 9.47 Å². The normalized spacial score (nSPS) is 12.8. The average Bonchev–Trinajstić information content (AvgIpc) is 2.97. The van der Waals surface area contributed by atoms with Crippen molar-refractivity contribution in [1.82, 2.24) is 0 Å². The Kier molecular flexibility index (Phi) is 12.7. The molecular weight excluding hydrogens is 468 g/mol. The minimum Gasteiger partial charge on any atom is -0.493 e. The lowest BCUT2D eigenvalue weighted by molar-refractivity contribution is 0.233. The van der Waals surface area contributed by atoms with Crippen LogP contribution >= 0.6 is 0 Å². The van der Waals surface area contributed by atoms with Crippen LogP contribution in [0.15, 0.2) is 66.7 Å². The zero-order valence-electron chi connectivity index (χ0n) is 24.0. The van der Waals surface area contributed by atoms with Gasteiger partial charge in [-0.2, -0.15) is 0 Å². The maximum absolute atomic E-state index is 9.94. The predicted octanol–water partition coefficient (Wildman–Crippen LogP) is 9.70. The maximum Gasteiger partial charge on any atom is 0.119 e. The quantitative estimate of drug-likeness (QED) is 0.194. The molecule has 3 aromatic rings. The summed E-state index contributed by atoms with van der Waals surface area (Å²) in [7, 11) is 0. The van der Waals surface area contributed by atoms with E-state index in [0.29, 0.717) is 11.8 Å². The van der Waals surface area contributed by atoms with Gasteiger partial charge in [0.05, 0.1) is 19.8 Å². The number of rotatable bonds is 17. The monoisotopic (exact) mass is 516 g/mol. The molecule has 3 nitrogen and oxygen atoms in total. The van der Waals surface area contributed by atoms with E-state index < -0.39 is 0 Å². The van der Waals surface area contributed by atoms with Crippen LogP contribution in [0.1, 0.15) is 84.6 Å². The van der Waals surface area contributed by atoms with Gasteiger partial charge < -0.3 is 14.6 Å². The highest BCUT2D eigenvalue weighted by molar-refractivity contribution is 5.74. The standard InChI is InChI=1S/C35H48O3/c1-5-9-11-27(7-3)25-37-34-17-13-30(14-18-34)32-21-29(24-36)22-33(23-32)31-15-19-35(20-16-31)38-26-28(8-4)12-10-6-2/h13-23,27-28,36H,5-12,24-26H2,1-4H3. The first kappa shape index (κ1) is 29.8. The molecule has 0 spiro atoms. The van der Waals surface area contributed by atoms with Crippen molar-refractivity contribution in [3.63, 3.8) is 0 Å². The summed E-state index contributed by atoms with van der Waals surface area (Å²) in [5.74, 6) is 3.06. The third-order valence-corrected chi connectivity index (χ3v) is 7.61. The van der Waals surface area contributed by atoms with Crippen LogP contribution in [0.25, 0.3) is 22.3 Å². The second kappa shape index (κ2) is 16.2. The number of aliphatic hydroxyl groups excluding tert-OH is 1. The van der Waals surface area contributed by atoms with Gasteiger partial charge in [-0.3, -0.25) is 0 Å². The van der Waals surface area contributed by atoms with Crippen LogP contribution in [0.4, 0.5) is 0 Å². The Bertz CT molecular complexity index is 974. The summed E-state index contributed by atoms with van der Waals surface area (Å²) in [6, 6.07) is 23.0. The fourth-order valence-corrected chi connectivity index (χ4v) is 4.83. The second-order valence-electron chi connectivity index (χ2n) is 10.6. The van der Waals surface area contributed by atoms with Crippen molar-refractivity contribution < 1.29 is 14.6 Å². The number of unbranched alkanes of at least 4 members (excludes halogenated alkanes) is 2. The second-order valence-corrected chi connectivity index (χ2v) is 10.6. The Morgan fingerprint density at radius 1 is 0.579 bits per heavy atom. The Balaban J connectivity index is 1.69. The SMILES string of the molecule is CCCCC(CC)COc1ccc(-c2cc(CO)cc(-c3ccc(OCC(CC)CCCC)cc3)c2)cc1. The van der Waals surface area contributed by atoms with Gasteiger partial charge in [0.2, 0.25) is 0 Å². The molecule has 0 radical (unpaired) electrons. The van der Waals surface area contributed by atoms with Crippen LogP contribution in [0, 0.1) is 11.8 Å². The summed E-state index contributed by atoms with van der Waals surface area (Å²) in [6.07, 6.45) is 9.75. The topological polar surface area (TPSA) is 38.7 Å². The smallest absolute Gasteiger partial charge is 0.119 e. The lowest BCUT2D eigenvalue weighted by Crippen LogP contribution is -2.11. The molecule has 0 saturated carbocycles. The van der Waals surface area contributed by atoms with Gasteiger partial charge >= 0.3 is 0 Å². The lowest BCUT2D eigenvalue weighted by Gasteiger charge is -2.16. The third-order valence-electron chi connectivity index (χ3n) is 7.61. The molecule has 3 rings (SSSR count). The lowest BCUT2D eigenvalue weighted by atomic mass is 9.96. The molecule has 0 aliphatic heterocycles. The predicted molar refractivity (Wildman–Crippen MR) is 161 cm³/mol. The summed E-state index contributed by atoms with van der Waals surface area (Å²) >= 11 is 0. The zero-order valence-corrected chi connectivity index (χ0v) is 24.0. The van der Waals surface area contributed by atoms with Gasteiger partial charge in [-0.05, 0) is 95.0 Å². The number of benzene rings is 3. The van der Waals surface area contributed by atoms with E-state index in [1.807, 2.05) is 0 Å². The van der Waals surface area contributed by atoms with Crippen LogP contribution < -0.4 is 9.47 Å². The summed E-state index contributed by atoms with van der Waals surface area (Å²) in [6.45, 7) is 10.5. The zero-order chi connectivity index (χ0) is 27.2. The fourth-order valence-electron chi connectivity index (χ4n) is 4.83. The third kappa shape index (κ3) is 9.20. The van der Waals surface area contributed by atoms with Gasteiger partial charge in [-0.15, -0.1) is 0 Å². The molecule has 0 amide bonds. The van der Waals surface area contributed by atoms with Crippen LogP contribution in [0.5, 0.6) is 11.5 Å². The molecule has 0 aliphatic rings. The van der Waals surface area contributed by atoms with Gasteiger partial charge in [0.25, 0.3) is 0 Å². The molecule has 2 unspecified atom stereocenters. The Morgan fingerprint density at radius 3 is 1.34 bits per heavy atom. The maximum atomic E-state index is 9.94. The first-order valence-corrected chi connectivity index (χ1v) is 14.8. The van der Waals surface area contributed by atoms with Gasteiger partial charge in [0.15, 0.2) is 0 Å². The molecule has 3 heteroatoms. The van der Waals surface area contributed by atoms with Gasteiger partial charge in [-0.25, -0.2) is 0 Å². The summed E-state index contributed by atoms with van der Waals surface area (Å²) in [4.78, 5) is 0. The molecule has 38 heavy (non-hydrogen) atoms. The van der Waals surface area contributed by atoms with E-state index in [9.17, 15) is 5.11 Å². The molecule has 2 atom stereocenters. The molecular formula is C35H48O3. The number of hydrogen-bond acceptors (Lipinski definition) is 3. The highest BCUT2D eigenvalue weighted by atomic mass is 16.5. The molecule has 206 valence electrons. The van der Waals surface area contributed by atoms with Crippen LogP contribution in [0.2, 0.25) is 0 Å². The summed E-state index contributed by atoms with van der Waals surface area (Å²) in [5.41, 5.74) is 5.32. The van der Waals surface area contributed by atoms with E-state index in [1.54, 1.807) is 0 Å². The summed E-state index contributed by atoms with van der Waals surface area (Å²) in [5, 5.41) is 9.94. The van der Waals surface area contributed by atoms with Gasteiger partial charge in [0.1, 0.15) is 11.5 Å². The van der Waals surface area contributed by atoms with E-state index >= 15 is 0 Å². The average molecular weight is 517 g/mol. The molecule has 0 saturated heterocycles. The van der Waals surface area contributed by atoms with Crippen LogP contribution in [-0.2, 0) is 6.61 Å². The highest BCUT2D eigenvalue weighted by Crippen LogP contribution is 2.31. The van der Waals surface area contributed by atoms with E-state index in [0.717, 1.165) is 65.4 Å². The van der Waals surface area contributed by atoms with E-state index in [2.05, 4.69) is 94.4 Å². The van der Waals surface area contributed by atoms with E-state index in [1.165, 1.54) is 38.5 Å². The molecule has 0 aliphatic carbocycles. The number of aliphatic hydroxyl groups is 1. The molecule has 0 fully saturated rings. The van der Waals surface area contributed by atoms with E-state index in [-0.39, 0.29) is 6.61 Å². The first-order chi connectivity index (χ1) is 18.6. The molecule has 0 aromatic heterocycles. The van der Waals surface area contributed by atoms with Crippen molar-refractivity contribution in [3.05, 3.63) is 72.3 Å². The Hall–Kier alpha value is -2.78. The highest BCUT2D eigenvalue weighted by Gasteiger charge is 2.10. The molecule has 3 aromatic carbocycles. The van der Waals surface area contributed by atoms with Crippen molar-refractivity contribution in [1.29, 1.82) is 0 Å². The molecule has 1 N–H and O–H groups in total. The van der Waals surface area contributed by atoms with Crippen molar-refractivity contribution in [2.75, 3.05) is 13.2 Å². The number of ether oxygens (including phenoxy) is 2. The van der Waals surface area contributed by atoms with Crippen molar-refractivity contribution in [2.45, 2.75) is 85.7 Å². The van der Waals surface area contributed by atoms with Gasteiger partial charge in [0, 0.05) is 0 Å². The van der Waals surface area contributed by atoms with Crippen LogP contribution in [0.3, 0.4) is 0 Å². The first-order valence-electron chi connectivity index (χ1n) is 14.8. The molecule has 0 bridgehead atoms. The minimum absolute atomic E-state index is 0.00949. The summed E-state index contributed by atoms with van der Waals surface area (Å²) < 4.78 is 12.2. The van der Waals surface area contributed by atoms with Crippen molar-refractivity contribution in [2.24, 2.45) is 11.8 Å². The Morgan fingerprint density at radius 2 is 1.00 bits per heavy atom. The largest absolute Gasteiger partial charge is 0.493 e. The minimum atomic E-state index is 0.00949. The molecule has 0 heterocycles. The van der Waals surface area contributed by atoms with Gasteiger partial charge in [-0.1, -0.05) is 90.5 Å². The number of hydrogen-bond donors (Lipinski definition) is 1. The van der Waals surface area contributed by atoms with Crippen molar-refractivity contribution >= 4 is 0 Å². The fraction of sp³-hybridized carbons (Fsp3) is 0.486. The van der Waals surface area contributed by atoms with Crippen LogP contribution in [-0.4, -0.2) is 18.3 Å². The Labute approximate surface area is 231 Å². The van der Waals surface area contributed by atoms with Crippen molar-refractivity contribution in [3.8, 4) is 33.8 Å².